The molecule has 120 valence electrons. The number of hydrogen-bond acceptors (Lipinski definition) is 3. The molecule has 0 atom stereocenters. The maximum absolute atomic E-state index is 12.9. The highest BCUT2D eigenvalue weighted by Crippen LogP contribution is 2.37. The van der Waals surface area contributed by atoms with E-state index in [1.165, 1.54) is 6.07 Å². The van der Waals surface area contributed by atoms with Gasteiger partial charge in [0.2, 0.25) is 0 Å². The van der Waals surface area contributed by atoms with Gasteiger partial charge in [-0.15, -0.1) is 11.6 Å². The minimum atomic E-state index is -4.58. The van der Waals surface area contributed by atoms with Crippen LogP contribution >= 0.6 is 11.6 Å². The second kappa shape index (κ2) is 7.35. The van der Waals surface area contributed by atoms with Crippen LogP contribution in [0.4, 0.5) is 13.2 Å². The summed E-state index contributed by atoms with van der Waals surface area (Å²) in [6, 6.07) is 3.48. The number of halogens is 4. The lowest BCUT2D eigenvalue weighted by molar-refractivity contribution is -0.138. The van der Waals surface area contributed by atoms with Gasteiger partial charge in [-0.2, -0.15) is 13.2 Å². The van der Waals surface area contributed by atoms with E-state index in [-0.39, 0.29) is 29.7 Å². The molecule has 0 saturated carbocycles. The molecule has 1 aromatic carbocycles. The largest absolute Gasteiger partial charge is 0.492 e. The third kappa shape index (κ3) is 5.74. The van der Waals surface area contributed by atoms with Gasteiger partial charge in [0.15, 0.2) is 9.84 Å². The van der Waals surface area contributed by atoms with Gasteiger partial charge < -0.3 is 4.74 Å². The third-order valence-corrected chi connectivity index (χ3v) is 4.80. The molecule has 0 saturated heterocycles. The quantitative estimate of drug-likeness (QED) is 0.709. The van der Waals surface area contributed by atoms with E-state index in [1.807, 2.05) is 0 Å². The zero-order chi connectivity index (χ0) is 16.1. The number of benzene rings is 1. The Labute approximate surface area is 127 Å². The number of rotatable bonds is 7. The summed E-state index contributed by atoms with van der Waals surface area (Å²) in [5.74, 6) is -0.750. The first-order valence-corrected chi connectivity index (χ1v) is 8.64. The molecule has 0 unspecified atom stereocenters. The van der Waals surface area contributed by atoms with Crippen LogP contribution in [0.25, 0.3) is 0 Å². The molecule has 8 heteroatoms. The van der Waals surface area contributed by atoms with Gasteiger partial charge >= 0.3 is 6.18 Å². The molecule has 0 fully saturated rings. The molecule has 21 heavy (non-hydrogen) atoms. The predicted molar refractivity (Wildman–Crippen MR) is 75.4 cm³/mol. The fraction of sp³-hybridized carbons (Fsp3) is 0.538. The Balaban J connectivity index is 2.84. The standard InChI is InChI=1S/C13H16ClF3O3S/c1-2-6-21(18,19)7-5-20-12-4-3-10(9-14)8-11(12)13(15,16)17/h3-4,8H,2,5-7,9H2,1H3. The van der Waals surface area contributed by atoms with Crippen LogP contribution in [0.15, 0.2) is 18.2 Å². The van der Waals surface area contributed by atoms with E-state index in [2.05, 4.69) is 0 Å². The van der Waals surface area contributed by atoms with Crippen molar-refractivity contribution in [2.45, 2.75) is 25.4 Å². The zero-order valence-corrected chi connectivity index (χ0v) is 13.0. The Morgan fingerprint density at radius 3 is 2.43 bits per heavy atom. The highest BCUT2D eigenvalue weighted by molar-refractivity contribution is 7.91. The molecule has 0 amide bonds. The second-order valence-corrected chi connectivity index (χ2v) is 7.03. The highest BCUT2D eigenvalue weighted by atomic mass is 35.5. The molecular formula is C13H16ClF3O3S. The molecule has 0 aliphatic carbocycles. The topological polar surface area (TPSA) is 43.4 Å². The lowest BCUT2D eigenvalue weighted by Gasteiger charge is -2.15. The summed E-state index contributed by atoms with van der Waals surface area (Å²) in [6.07, 6.45) is -4.12. The first-order valence-electron chi connectivity index (χ1n) is 6.29. The van der Waals surface area contributed by atoms with Crippen LogP contribution in [0.1, 0.15) is 24.5 Å². The summed E-state index contributed by atoms with van der Waals surface area (Å²) in [5, 5.41) is 0. The molecule has 0 aliphatic heterocycles. The highest BCUT2D eigenvalue weighted by Gasteiger charge is 2.34. The molecule has 0 aromatic heterocycles. The smallest absolute Gasteiger partial charge is 0.419 e. The monoisotopic (exact) mass is 344 g/mol. The summed E-state index contributed by atoms with van der Waals surface area (Å²) >= 11 is 5.51. The van der Waals surface area contributed by atoms with Crippen LogP contribution in [0.2, 0.25) is 0 Å². The van der Waals surface area contributed by atoms with Crippen LogP contribution in [0.5, 0.6) is 5.75 Å². The summed E-state index contributed by atoms with van der Waals surface area (Å²) in [6.45, 7) is 1.40. The summed E-state index contributed by atoms with van der Waals surface area (Å²) in [4.78, 5) is 0. The molecule has 0 radical (unpaired) electrons. The van der Waals surface area contributed by atoms with Gasteiger partial charge in [0.05, 0.1) is 17.1 Å². The van der Waals surface area contributed by atoms with Gasteiger partial charge in [-0.05, 0) is 24.1 Å². The van der Waals surface area contributed by atoms with E-state index in [0.29, 0.717) is 12.0 Å². The Hall–Kier alpha value is -0.950. The fourth-order valence-corrected chi connectivity index (χ4v) is 3.03. The lowest BCUT2D eigenvalue weighted by atomic mass is 10.1. The summed E-state index contributed by atoms with van der Waals surface area (Å²) < 4.78 is 66.7. The van der Waals surface area contributed by atoms with Crippen molar-refractivity contribution in [2.75, 3.05) is 18.1 Å². The molecule has 0 spiro atoms. The maximum Gasteiger partial charge on any atom is 0.419 e. The fourth-order valence-electron chi connectivity index (χ4n) is 1.70. The second-order valence-electron chi connectivity index (χ2n) is 4.46. The Bertz CT molecular complexity index is 571. The zero-order valence-electron chi connectivity index (χ0n) is 11.4. The molecule has 0 bridgehead atoms. The lowest BCUT2D eigenvalue weighted by Crippen LogP contribution is -2.18. The van der Waals surface area contributed by atoms with Crippen molar-refractivity contribution in [3.8, 4) is 5.75 Å². The average Bonchev–Trinajstić information content (AvgIpc) is 2.37. The summed E-state index contributed by atoms with van der Waals surface area (Å²) in [7, 11) is -3.29. The maximum atomic E-state index is 12.9. The minimum Gasteiger partial charge on any atom is -0.492 e. The van der Waals surface area contributed by atoms with Gasteiger partial charge in [0, 0.05) is 5.88 Å². The van der Waals surface area contributed by atoms with E-state index in [9.17, 15) is 21.6 Å². The Morgan fingerprint density at radius 2 is 1.90 bits per heavy atom. The SMILES string of the molecule is CCCS(=O)(=O)CCOc1ccc(CCl)cc1C(F)(F)F. The molecule has 1 aromatic rings. The van der Waals surface area contributed by atoms with Gasteiger partial charge in [-0.25, -0.2) is 8.42 Å². The minimum absolute atomic E-state index is 0.00628. The number of ether oxygens (including phenoxy) is 1. The van der Waals surface area contributed by atoms with Crippen molar-refractivity contribution in [1.29, 1.82) is 0 Å². The third-order valence-electron chi connectivity index (χ3n) is 2.67. The molecule has 0 heterocycles. The van der Waals surface area contributed by atoms with Crippen LogP contribution in [0, 0.1) is 0 Å². The molecular weight excluding hydrogens is 329 g/mol. The first kappa shape index (κ1) is 18.1. The van der Waals surface area contributed by atoms with Crippen LogP contribution in [-0.4, -0.2) is 26.5 Å². The van der Waals surface area contributed by atoms with Crippen LogP contribution < -0.4 is 4.74 Å². The van der Waals surface area contributed by atoms with E-state index < -0.39 is 21.6 Å². The van der Waals surface area contributed by atoms with Gasteiger partial charge in [-0.3, -0.25) is 0 Å². The number of alkyl halides is 4. The Morgan fingerprint density at radius 1 is 1.24 bits per heavy atom. The van der Waals surface area contributed by atoms with Crippen molar-refractivity contribution >= 4 is 21.4 Å². The van der Waals surface area contributed by atoms with Gasteiger partial charge in [0.1, 0.15) is 12.4 Å². The Kier molecular flexibility index (Phi) is 6.34. The predicted octanol–water partition coefficient (Wildman–Crippen LogP) is 3.65. The normalized spacial score (nSPS) is 12.4. The van der Waals surface area contributed by atoms with E-state index >= 15 is 0 Å². The van der Waals surface area contributed by atoms with Crippen molar-refractivity contribution in [1.82, 2.24) is 0 Å². The van der Waals surface area contributed by atoms with E-state index in [4.69, 9.17) is 16.3 Å². The molecule has 0 N–H and O–H groups in total. The number of sulfone groups is 1. The molecule has 1 rings (SSSR count). The van der Waals surface area contributed by atoms with E-state index in [1.54, 1.807) is 6.92 Å². The molecule has 3 nitrogen and oxygen atoms in total. The molecule has 0 aliphatic rings. The van der Waals surface area contributed by atoms with Crippen LogP contribution in [0.3, 0.4) is 0 Å². The summed E-state index contributed by atoms with van der Waals surface area (Å²) in [5.41, 5.74) is -0.636. The van der Waals surface area contributed by atoms with E-state index in [0.717, 1.165) is 12.1 Å². The average molecular weight is 345 g/mol. The van der Waals surface area contributed by atoms with Crippen molar-refractivity contribution in [3.63, 3.8) is 0 Å². The van der Waals surface area contributed by atoms with Gasteiger partial charge in [-0.1, -0.05) is 13.0 Å². The van der Waals surface area contributed by atoms with Crippen molar-refractivity contribution in [2.24, 2.45) is 0 Å². The number of hydrogen-bond donors (Lipinski definition) is 0. The van der Waals surface area contributed by atoms with Crippen molar-refractivity contribution in [3.05, 3.63) is 29.3 Å². The van der Waals surface area contributed by atoms with Gasteiger partial charge in [0.25, 0.3) is 0 Å². The first-order chi connectivity index (χ1) is 9.69. The van der Waals surface area contributed by atoms with Crippen LogP contribution in [-0.2, 0) is 21.9 Å². The van der Waals surface area contributed by atoms with Crippen molar-refractivity contribution < 1.29 is 26.3 Å².